The van der Waals surface area contributed by atoms with Crippen LogP contribution in [-0.4, -0.2) is 37.9 Å². The molecule has 2 aliphatic heterocycles. The Balaban J connectivity index is 1.14. The highest BCUT2D eigenvalue weighted by atomic mass is 32.2. The third-order valence-corrected chi connectivity index (χ3v) is 7.55. The van der Waals surface area contributed by atoms with Crippen LogP contribution in [0.4, 0.5) is 0 Å². The van der Waals surface area contributed by atoms with Crippen molar-refractivity contribution in [1.29, 1.82) is 0 Å². The molecule has 0 atom stereocenters. The molecule has 4 nitrogen and oxygen atoms in total. The Bertz CT molecular complexity index is 1030. The smallest absolute Gasteiger partial charge is 0.128 e. The molecule has 32 heavy (non-hydrogen) atoms. The zero-order valence-corrected chi connectivity index (χ0v) is 19.5. The first kappa shape index (κ1) is 21.2. The topological polar surface area (TPSA) is 48.8 Å². The fourth-order valence-electron chi connectivity index (χ4n) is 3.69. The van der Waals surface area contributed by atoms with E-state index in [1.165, 1.54) is 32.0 Å². The molecule has 0 saturated heterocycles. The molecule has 2 aliphatic rings. The average molecular weight is 459 g/mol. The van der Waals surface area contributed by atoms with Crippen molar-refractivity contribution in [3.05, 3.63) is 95.1 Å². The van der Waals surface area contributed by atoms with Crippen molar-refractivity contribution in [2.45, 2.75) is 21.3 Å². The lowest BCUT2D eigenvalue weighted by Crippen LogP contribution is -2.19. The van der Waals surface area contributed by atoms with Crippen LogP contribution in [0.25, 0.3) is 0 Å². The molecule has 0 spiro atoms. The molecular formula is C26H26N4S2. The third-order valence-electron chi connectivity index (χ3n) is 5.42. The lowest BCUT2D eigenvalue weighted by atomic mass is 10.1. The minimum absolute atomic E-state index is 0.875. The summed E-state index contributed by atoms with van der Waals surface area (Å²) in [4.78, 5) is 11.6. The van der Waals surface area contributed by atoms with Crippen molar-refractivity contribution < 1.29 is 0 Å². The number of rotatable bonds is 8. The second-order valence-corrected chi connectivity index (χ2v) is 9.86. The quantitative estimate of drug-likeness (QED) is 0.468. The molecular weight excluding hydrogens is 432 g/mol. The van der Waals surface area contributed by atoms with Crippen molar-refractivity contribution in [3.63, 3.8) is 0 Å². The van der Waals surface area contributed by atoms with Gasteiger partial charge in [0.15, 0.2) is 0 Å². The Morgan fingerprint density at radius 2 is 1.09 bits per heavy atom. The molecule has 162 valence electrons. The number of amidine groups is 2. The first-order chi connectivity index (χ1) is 15.8. The number of hydrogen-bond donors (Lipinski definition) is 2. The molecule has 0 fully saturated rings. The fraction of sp³-hybridized carbons (Fsp3) is 0.231. The van der Waals surface area contributed by atoms with E-state index in [-0.39, 0.29) is 0 Å². The lowest BCUT2D eigenvalue weighted by Gasteiger charge is -2.08. The van der Waals surface area contributed by atoms with Crippen LogP contribution in [0.15, 0.2) is 92.6 Å². The normalized spacial score (nSPS) is 15.1. The van der Waals surface area contributed by atoms with Crippen LogP contribution in [0, 0.1) is 0 Å². The Morgan fingerprint density at radius 1 is 0.625 bits per heavy atom. The number of nitrogens with zero attached hydrogens (tertiary/aromatic N) is 2. The molecule has 0 radical (unpaired) electrons. The van der Waals surface area contributed by atoms with Crippen LogP contribution in [0.5, 0.6) is 0 Å². The van der Waals surface area contributed by atoms with Crippen molar-refractivity contribution >= 4 is 35.2 Å². The second-order valence-electron chi connectivity index (χ2n) is 7.76. The fourth-order valence-corrected chi connectivity index (χ4v) is 5.58. The highest BCUT2D eigenvalue weighted by Gasteiger charge is 2.09. The van der Waals surface area contributed by atoms with E-state index in [2.05, 4.69) is 93.4 Å². The van der Waals surface area contributed by atoms with Gasteiger partial charge in [-0.05, 0) is 29.3 Å². The Labute approximate surface area is 198 Å². The summed E-state index contributed by atoms with van der Waals surface area (Å²) < 4.78 is 0. The summed E-state index contributed by atoms with van der Waals surface area (Å²) in [6, 6.07) is 26.4. The van der Waals surface area contributed by atoms with E-state index in [9.17, 15) is 0 Å². The van der Waals surface area contributed by atoms with E-state index in [4.69, 9.17) is 0 Å². The van der Waals surface area contributed by atoms with E-state index in [1.54, 1.807) is 0 Å². The summed E-state index contributed by atoms with van der Waals surface area (Å²) in [5.41, 5.74) is 5.01. The highest BCUT2D eigenvalue weighted by molar-refractivity contribution is 7.99. The standard InChI is InChI=1S/C26H26N4S2/c1-2-23(31-17-19-4-8-21(9-5-19)25-27-12-13-28-25)16-24(3-1)32-18-20-6-10-22(11-7-20)26-29-14-15-30-26/h1-11,16H,12-15,17-18H2,(H,27,28)(H,29,30). The molecule has 0 bridgehead atoms. The summed E-state index contributed by atoms with van der Waals surface area (Å²) in [6.45, 7) is 3.64. The van der Waals surface area contributed by atoms with Gasteiger partial charge < -0.3 is 10.6 Å². The van der Waals surface area contributed by atoms with Crippen LogP contribution >= 0.6 is 23.5 Å². The maximum atomic E-state index is 4.49. The van der Waals surface area contributed by atoms with Crippen molar-refractivity contribution in [2.75, 3.05) is 26.2 Å². The summed E-state index contributed by atoms with van der Waals surface area (Å²) in [5.74, 6) is 3.97. The molecule has 0 amide bonds. The molecule has 3 aromatic carbocycles. The van der Waals surface area contributed by atoms with Crippen LogP contribution in [0.2, 0.25) is 0 Å². The number of nitrogens with one attached hydrogen (secondary N) is 2. The maximum absolute atomic E-state index is 4.49. The summed E-state index contributed by atoms with van der Waals surface area (Å²) in [6.07, 6.45) is 0. The van der Waals surface area contributed by atoms with Crippen molar-refractivity contribution in [1.82, 2.24) is 10.6 Å². The number of benzene rings is 3. The summed E-state index contributed by atoms with van der Waals surface area (Å²) >= 11 is 3.77. The third kappa shape index (κ3) is 5.37. The molecule has 2 heterocycles. The van der Waals surface area contributed by atoms with E-state index in [0.29, 0.717) is 0 Å². The zero-order chi connectivity index (χ0) is 21.6. The molecule has 0 aliphatic carbocycles. The van der Waals surface area contributed by atoms with Gasteiger partial charge >= 0.3 is 0 Å². The number of hydrogen-bond acceptors (Lipinski definition) is 6. The Kier molecular flexibility index (Phi) is 6.80. The minimum atomic E-state index is 0.875. The van der Waals surface area contributed by atoms with Gasteiger partial charge in [-0.25, -0.2) is 0 Å². The molecule has 0 saturated carbocycles. The van der Waals surface area contributed by atoms with E-state index < -0.39 is 0 Å². The summed E-state index contributed by atoms with van der Waals surface area (Å²) in [7, 11) is 0. The van der Waals surface area contributed by atoms with Crippen molar-refractivity contribution in [3.8, 4) is 0 Å². The first-order valence-electron chi connectivity index (χ1n) is 10.9. The lowest BCUT2D eigenvalue weighted by molar-refractivity contribution is 0.960. The van der Waals surface area contributed by atoms with Gasteiger partial charge in [-0.15, -0.1) is 23.5 Å². The predicted octanol–water partition coefficient (Wildman–Crippen LogP) is 4.97. The highest BCUT2D eigenvalue weighted by Crippen LogP contribution is 2.29. The van der Waals surface area contributed by atoms with Gasteiger partial charge in [-0.1, -0.05) is 54.6 Å². The van der Waals surface area contributed by atoms with Crippen LogP contribution < -0.4 is 10.6 Å². The molecule has 6 heteroatoms. The molecule has 0 unspecified atom stereocenters. The van der Waals surface area contributed by atoms with Gasteiger partial charge in [0.05, 0.1) is 13.1 Å². The van der Waals surface area contributed by atoms with Gasteiger partial charge in [-0.3, -0.25) is 9.98 Å². The van der Waals surface area contributed by atoms with Crippen molar-refractivity contribution in [2.24, 2.45) is 9.98 Å². The first-order valence-corrected chi connectivity index (χ1v) is 12.9. The predicted molar refractivity (Wildman–Crippen MR) is 137 cm³/mol. The second kappa shape index (κ2) is 10.3. The van der Waals surface area contributed by atoms with Gasteiger partial charge in [0, 0.05) is 45.5 Å². The van der Waals surface area contributed by atoms with Crippen LogP contribution in [-0.2, 0) is 11.5 Å². The molecule has 0 aromatic heterocycles. The van der Waals surface area contributed by atoms with Gasteiger partial charge in [-0.2, -0.15) is 0 Å². The largest absolute Gasteiger partial charge is 0.368 e. The SMILES string of the molecule is c1cc(SCc2ccc(C3=NCCN3)cc2)cc(SCc2ccc(C3=NCCN3)cc2)c1. The molecule has 2 N–H and O–H groups in total. The Hall–Kier alpha value is -2.70. The number of aliphatic imine (C=N–C) groups is 2. The zero-order valence-electron chi connectivity index (χ0n) is 17.9. The van der Waals surface area contributed by atoms with Gasteiger partial charge in [0.2, 0.25) is 0 Å². The van der Waals surface area contributed by atoms with Gasteiger partial charge in [0.25, 0.3) is 0 Å². The average Bonchev–Trinajstić information content (AvgIpc) is 3.57. The van der Waals surface area contributed by atoms with Crippen LogP contribution in [0.3, 0.4) is 0 Å². The minimum Gasteiger partial charge on any atom is -0.368 e. The van der Waals surface area contributed by atoms with E-state index >= 15 is 0 Å². The van der Waals surface area contributed by atoms with E-state index in [1.807, 2.05) is 23.5 Å². The monoisotopic (exact) mass is 458 g/mol. The summed E-state index contributed by atoms with van der Waals surface area (Å²) in [5, 5.41) is 6.66. The molecule has 3 aromatic rings. The van der Waals surface area contributed by atoms with Gasteiger partial charge in [0.1, 0.15) is 11.7 Å². The van der Waals surface area contributed by atoms with E-state index in [0.717, 1.165) is 49.4 Å². The number of thioether (sulfide) groups is 2. The molecule has 5 rings (SSSR count). The maximum Gasteiger partial charge on any atom is 0.128 e. The Morgan fingerprint density at radius 3 is 1.50 bits per heavy atom. The van der Waals surface area contributed by atoms with Crippen LogP contribution in [0.1, 0.15) is 22.3 Å².